The molecule has 1 N–H and O–H groups in total. The highest BCUT2D eigenvalue weighted by atomic mass is 16.5. The van der Waals surface area contributed by atoms with Crippen molar-refractivity contribution in [2.45, 2.75) is 56.7 Å². The molecule has 2 heterocycles. The van der Waals surface area contributed by atoms with Crippen LogP contribution in [0.1, 0.15) is 38.5 Å². The van der Waals surface area contributed by atoms with Crippen LogP contribution in [0.25, 0.3) is 0 Å². The summed E-state index contributed by atoms with van der Waals surface area (Å²) in [6.07, 6.45) is 6.64. The molecule has 1 aromatic heterocycles. The molecule has 0 aromatic carbocycles. The third kappa shape index (κ3) is 3.98. The molecule has 7 nitrogen and oxygen atoms in total. The fourth-order valence-corrected chi connectivity index (χ4v) is 4.26. The number of carbonyl (C=O) groups is 2. The molecule has 1 aliphatic carbocycles. The van der Waals surface area contributed by atoms with E-state index in [9.17, 15) is 14.4 Å². The lowest BCUT2D eigenvalue weighted by atomic mass is 9.77. The molecule has 26 heavy (non-hydrogen) atoms. The fourth-order valence-electron chi connectivity index (χ4n) is 4.26. The molecule has 0 atom stereocenters. The Bertz CT molecular complexity index is 707. The van der Waals surface area contributed by atoms with Crippen LogP contribution in [0.5, 0.6) is 0 Å². The van der Waals surface area contributed by atoms with Crippen molar-refractivity contribution in [3.63, 3.8) is 0 Å². The van der Waals surface area contributed by atoms with Gasteiger partial charge in [-0.05, 0) is 38.2 Å². The van der Waals surface area contributed by atoms with E-state index in [4.69, 9.17) is 4.74 Å². The van der Waals surface area contributed by atoms with Gasteiger partial charge in [-0.2, -0.15) is 0 Å². The number of amides is 2. The van der Waals surface area contributed by atoms with E-state index in [2.05, 4.69) is 5.32 Å². The largest absolute Gasteiger partial charge is 0.383 e. The molecule has 1 saturated heterocycles. The second-order valence-corrected chi connectivity index (χ2v) is 7.27. The first-order valence-corrected chi connectivity index (χ1v) is 9.28. The van der Waals surface area contributed by atoms with Crippen LogP contribution in [0.2, 0.25) is 0 Å². The van der Waals surface area contributed by atoms with Crippen molar-refractivity contribution in [1.82, 2.24) is 14.8 Å². The van der Waals surface area contributed by atoms with Crippen LogP contribution >= 0.6 is 0 Å². The van der Waals surface area contributed by atoms with Crippen molar-refractivity contribution in [3.8, 4) is 0 Å². The average Bonchev–Trinajstić information content (AvgIpc) is 2.93. The Morgan fingerprint density at radius 2 is 2.04 bits per heavy atom. The van der Waals surface area contributed by atoms with Gasteiger partial charge in [-0.1, -0.05) is 6.07 Å². The van der Waals surface area contributed by atoms with Gasteiger partial charge in [-0.3, -0.25) is 14.4 Å². The van der Waals surface area contributed by atoms with Crippen LogP contribution in [0.4, 0.5) is 0 Å². The second kappa shape index (κ2) is 8.03. The maximum Gasteiger partial charge on any atom is 0.250 e. The van der Waals surface area contributed by atoms with Gasteiger partial charge in [0.2, 0.25) is 11.8 Å². The molecule has 0 unspecified atom stereocenters. The molecule has 3 rings (SSSR count). The van der Waals surface area contributed by atoms with Crippen molar-refractivity contribution in [1.29, 1.82) is 0 Å². The van der Waals surface area contributed by atoms with Crippen LogP contribution in [0.15, 0.2) is 29.2 Å². The summed E-state index contributed by atoms with van der Waals surface area (Å²) in [5.41, 5.74) is -0.240. The number of hydrogen-bond acceptors (Lipinski definition) is 4. The van der Waals surface area contributed by atoms with E-state index >= 15 is 0 Å². The second-order valence-electron chi connectivity index (χ2n) is 7.27. The summed E-state index contributed by atoms with van der Waals surface area (Å²) in [4.78, 5) is 38.2. The minimum Gasteiger partial charge on any atom is -0.383 e. The van der Waals surface area contributed by atoms with Gasteiger partial charge in [-0.25, -0.2) is 0 Å². The van der Waals surface area contributed by atoms with Crippen molar-refractivity contribution >= 4 is 11.8 Å². The van der Waals surface area contributed by atoms with Crippen LogP contribution in [0.3, 0.4) is 0 Å². The zero-order chi connectivity index (χ0) is 18.6. The average molecular weight is 361 g/mol. The Morgan fingerprint density at radius 3 is 2.73 bits per heavy atom. The van der Waals surface area contributed by atoms with Crippen molar-refractivity contribution in [3.05, 3.63) is 34.7 Å². The van der Waals surface area contributed by atoms with E-state index in [0.29, 0.717) is 19.6 Å². The first-order valence-electron chi connectivity index (χ1n) is 9.28. The molecule has 7 heteroatoms. The maximum atomic E-state index is 12.3. The highest BCUT2D eigenvalue weighted by molar-refractivity contribution is 5.80. The van der Waals surface area contributed by atoms with E-state index in [1.807, 2.05) is 4.90 Å². The van der Waals surface area contributed by atoms with Crippen LogP contribution in [-0.2, 0) is 20.9 Å². The predicted molar refractivity (Wildman–Crippen MR) is 96.7 cm³/mol. The van der Waals surface area contributed by atoms with Gasteiger partial charge in [0.15, 0.2) is 0 Å². The van der Waals surface area contributed by atoms with Crippen LogP contribution < -0.4 is 10.9 Å². The zero-order valence-corrected chi connectivity index (χ0v) is 15.3. The number of nitrogens with one attached hydrogen (secondary N) is 1. The van der Waals surface area contributed by atoms with Gasteiger partial charge in [0, 0.05) is 43.9 Å². The van der Waals surface area contributed by atoms with E-state index in [1.165, 1.54) is 10.6 Å². The number of hydrogen-bond donors (Lipinski definition) is 1. The number of carbonyl (C=O) groups excluding carboxylic acids is 2. The Morgan fingerprint density at radius 1 is 1.27 bits per heavy atom. The summed E-state index contributed by atoms with van der Waals surface area (Å²) >= 11 is 0. The normalized spacial score (nSPS) is 25.7. The fraction of sp³-hybridized carbons (Fsp3) is 0.632. The molecule has 1 spiro atoms. The van der Waals surface area contributed by atoms with E-state index < -0.39 is 0 Å². The maximum absolute atomic E-state index is 12.3. The number of aromatic nitrogens is 1. The number of ether oxygens (including phenoxy) is 1. The molecule has 0 radical (unpaired) electrons. The third-order valence-electron chi connectivity index (χ3n) is 5.69. The molecule has 2 fully saturated rings. The minimum atomic E-state index is -0.177. The summed E-state index contributed by atoms with van der Waals surface area (Å²) in [7, 11) is 1.65. The molecule has 0 bridgehead atoms. The number of rotatable bonds is 6. The van der Waals surface area contributed by atoms with E-state index in [0.717, 1.165) is 32.1 Å². The molecule has 142 valence electrons. The number of methoxy groups -OCH3 is 1. The lowest BCUT2D eigenvalue weighted by Crippen LogP contribution is -2.52. The summed E-state index contributed by atoms with van der Waals surface area (Å²) < 4.78 is 6.55. The smallest absolute Gasteiger partial charge is 0.250 e. The molecule has 1 saturated carbocycles. The number of nitrogens with zero attached hydrogens (tertiary/aromatic N) is 2. The zero-order valence-electron chi connectivity index (χ0n) is 15.3. The summed E-state index contributed by atoms with van der Waals surface area (Å²) in [5.74, 6) is 0.0750. The van der Waals surface area contributed by atoms with Crippen molar-refractivity contribution in [2.24, 2.45) is 0 Å². The van der Waals surface area contributed by atoms with E-state index in [-0.39, 0.29) is 35.5 Å². The Labute approximate surface area is 153 Å². The monoisotopic (exact) mass is 361 g/mol. The summed E-state index contributed by atoms with van der Waals surface area (Å²) in [6.45, 7) is 1.24. The quantitative estimate of drug-likeness (QED) is 0.817. The minimum absolute atomic E-state index is 0.0414. The lowest BCUT2D eigenvalue weighted by Gasteiger charge is -2.44. The van der Waals surface area contributed by atoms with Gasteiger partial charge in [0.1, 0.15) is 6.54 Å². The van der Waals surface area contributed by atoms with Gasteiger partial charge in [-0.15, -0.1) is 0 Å². The topological polar surface area (TPSA) is 80.6 Å². The highest BCUT2D eigenvalue weighted by Crippen LogP contribution is 2.42. The van der Waals surface area contributed by atoms with Gasteiger partial charge in [0.25, 0.3) is 5.56 Å². The van der Waals surface area contributed by atoms with Crippen molar-refractivity contribution < 1.29 is 14.3 Å². The van der Waals surface area contributed by atoms with Crippen LogP contribution in [-0.4, -0.2) is 53.1 Å². The Kier molecular flexibility index (Phi) is 5.76. The van der Waals surface area contributed by atoms with Crippen molar-refractivity contribution in [2.75, 3.05) is 20.3 Å². The predicted octanol–water partition coefficient (Wildman–Crippen LogP) is 0.915. The number of pyridine rings is 1. The third-order valence-corrected chi connectivity index (χ3v) is 5.69. The first-order chi connectivity index (χ1) is 12.5. The van der Waals surface area contributed by atoms with Gasteiger partial charge < -0.3 is 19.5 Å². The Balaban J connectivity index is 1.53. The molecule has 2 amide bonds. The molecule has 2 aliphatic rings. The van der Waals surface area contributed by atoms with E-state index in [1.54, 1.807) is 25.4 Å². The summed E-state index contributed by atoms with van der Waals surface area (Å²) in [5, 5.41) is 3.04. The lowest BCUT2D eigenvalue weighted by molar-refractivity contribution is -0.133. The van der Waals surface area contributed by atoms with Gasteiger partial charge >= 0.3 is 0 Å². The van der Waals surface area contributed by atoms with Crippen LogP contribution in [0, 0.1) is 0 Å². The first kappa shape index (κ1) is 18.6. The molecular formula is C19H27N3O4. The summed E-state index contributed by atoms with van der Waals surface area (Å²) in [6, 6.07) is 4.96. The highest BCUT2D eigenvalue weighted by Gasteiger charge is 2.46. The SMILES string of the molecule is COCCN1C(=O)CCC12CCC(NC(=O)Cn1ccccc1=O)CC2. The molecule has 1 aliphatic heterocycles. The molecule has 1 aromatic rings. The number of likely N-dealkylation sites (tertiary alicyclic amines) is 1. The molecular weight excluding hydrogens is 334 g/mol. The van der Waals surface area contributed by atoms with Gasteiger partial charge in [0.05, 0.1) is 6.61 Å². The standard InChI is InChI=1S/C19H27N3O4/c1-26-13-12-22-18(25)7-10-19(22)8-5-15(6-9-19)20-16(23)14-21-11-3-2-4-17(21)24/h2-4,11,15H,5-10,12-14H2,1H3,(H,20,23). The Hall–Kier alpha value is -2.15.